The molecular weight excluding hydrogens is 459 g/mol. The number of hydrogen-bond donors (Lipinski definition) is 1. The van der Waals surface area contributed by atoms with Crippen LogP contribution in [0.3, 0.4) is 0 Å². The lowest BCUT2D eigenvalue weighted by Crippen LogP contribution is -2.35. The number of halogens is 1. The zero-order valence-electron chi connectivity index (χ0n) is 20.6. The molecule has 1 fully saturated rings. The molecule has 4 rings (SSSR count). The fourth-order valence-corrected chi connectivity index (χ4v) is 4.29. The molecule has 0 radical (unpaired) electrons. The van der Waals surface area contributed by atoms with Crippen molar-refractivity contribution in [3.63, 3.8) is 0 Å². The summed E-state index contributed by atoms with van der Waals surface area (Å²) in [6, 6.07) is 19.8. The highest BCUT2D eigenvalue weighted by Crippen LogP contribution is 2.40. The second kappa shape index (κ2) is 10.7. The molecule has 0 bridgehead atoms. The van der Waals surface area contributed by atoms with Crippen molar-refractivity contribution in [2.75, 3.05) is 27.2 Å². The number of aryl methyl sites for hydroxylation is 1. The van der Waals surface area contributed by atoms with E-state index in [-0.39, 0.29) is 17.9 Å². The van der Waals surface area contributed by atoms with Crippen molar-refractivity contribution in [2.24, 2.45) is 0 Å². The van der Waals surface area contributed by atoms with Gasteiger partial charge in [-0.2, -0.15) is 0 Å². The molecule has 1 N–H and O–H groups in total. The third-order valence-electron chi connectivity index (χ3n) is 6.22. The number of Topliss-reactive ketones (excluding diaryl/α,β-unsaturated/α-hetero) is 1. The molecular formula is C29H29FN2O4. The van der Waals surface area contributed by atoms with Gasteiger partial charge >= 0.3 is 0 Å². The summed E-state index contributed by atoms with van der Waals surface area (Å²) in [5.41, 5.74) is 2.69. The number of ether oxygens (including phenoxy) is 1. The number of carbonyl (C=O) groups excluding carboxylic acids is 2. The lowest BCUT2D eigenvalue weighted by atomic mass is 9.94. The van der Waals surface area contributed by atoms with Crippen LogP contribution in [0.15, 0.2) is 78.4 Å². The summed E-state index contributed by atoms with van der Waals surface area (Å²) in [5.74, 6) is -1.51. The first kappa shape index (κ1) is 25.1. The van der Waals surface area contributed by atoms with E-state index in [2.05, 4.69) is 0 Å². The summed E-state index contributed by atoms with van der Waals surface area (Å²) in [4.78, 5) is 29.5. The molecule has 3 aromatic carbocycles. The maximum atomic E-state index is 13.6. The van der Waals surface area contributed by atoms with Crippen LogP contribution in [0.25, 0.3) is 5.76 Å². The van der Waals surface area contributed by atoms with Gasteiger partial charge in [-0.15, -0.1) is 0 Å². The molecule has 0 aliphatic carbocycles. The first-order valence-corrected chi connectivity index (χ1v) is 11.7. The van der Waals surface area contributed by atoms with Gasteiger partial charge in [0, 0.05) is 18.7 Å². The van der Waals surface area contributed by atoms with Crippen LogP contribution >= 0.6 is 0 Å². The molecule has 0 spiro atoms. The summed E-state index contributed by atoms with van der Waals surface area (Å²) in [6.45, 7) is 3.01. The Balaban J connectivity index is 1.70. The van der Waals surface area contributed by atoms with Gasteiger partial charge in [0.15, 0.2) is 0 Å². The van der Waals surface area contributed by atoms with E-state index in [4.69, 9.17) is 4.74 Å². The maximum Gasteiger partial charge on any atom is 0.295 e. The van der Waals surface area contributed by atoms with E-state index < -0.39 is 23.5 Å². The number of likely N-dealkylation sites (tertiary alicyclic amines) is 1. The van der Waals surface area contributed by atoms with Crippen LogP contribution < -0.4 is 4.74 Å². The second-order valence-electron chi connectivity index (χ2n) is 9.10. The van der Waals surface area contributed by atoms with E-state index in [1.165, 1.54) is 29.2 Å². The number of rotatable bonds is 8. The molecule has 1 heterocycles. The number of ketones is 1. The van der Waals surface area contributed by atoms with Crippen LogP contribution in [-0.4, -0.2) is 53.8 Å². The minimum absolute atomic E-state index is 0.00795. The van der Waals surface area contributed by atoms with Gasteiger partial charge < -0.3 is 19.6 Å². The topological polar surface area (TPSA) is 70.1 Å². The molecule has 0 unspecified atom stereocenters. The highest BCUT2D eigenvalue weighted by molar-refractivity contribution is 6.46. The van der Waals surface area contributed by atoms with Crippen molar-refractivity contribution in [1.29, 1.82) is 0 Å². The van der Waals surface area contributed by atoms with E-state index in [1.54, 1.807) is 25.1 Å². The zero-order chi connectivity index (χ0) is 25.8. The maximum absolute atomic E-state index is 13.6. The molecule has 0 saturated carbocycles. The molecule has 1 aliphatic rings. The highest BCUT2D eigenvalue weighted by Gasteiger charge is 2.46. The lowest BCUT2D eigenvalue weighted by Gasteiger charge is -2.26. The van der Waals surface area contributed by atoms with Gasteiger partial charge in [0.1, 0.15) is 23.9 Å². The summed E-state index contributed by atoms with van der Waals surface area (Å²) in [5, 5.41) is 11.3. The molecule has 1 atom stereocenters. The Hall–Kier alpha value is -3.97. The van der Waals surface area contributed by atoms with E-state index >= 15 is 0 Å². The van der Waals surface area contributed by atoms with Crippen LogP contribution in [0.4, 0.5) is 4.39 Å². The van der Waals surface area contributed by atoms with Crippen LogP contribution in [0.1, 0.15) is 28.3 Å². The zero-order valence-corrected chi connectivity index (χ0v) is 20.6. The normalized spacial score (nSPS) is 17.1. The molecule has 6 nitrogen and oxygen atoms in total. The SMILES string of the molecule is Cc1cc(OCc2ccccc2)ccc1C(O)=C1C(=O)C(=O)N(CCN(C)C)[C@@H]1c1ccc(F)cc1. The number of nitrogens with zero attached hydrogens (tertiary/aromatic N) is 2. The number of amides is 1. The lowest BCUT2D eigenvalue weighted by molar-refractivity contribution is -0.140. The number of benzene rings is 3. The summed E-state index contributed by atoms with van der Waals surface area (Å²) in [6.07, 6.45) is 0. The number of carbonyl (C=O) groups is 2. The Morgan fingerprint density at radius 1 is 1.03 bits per heavy atom. The summed E-state index contributed by atoms with van der Waals surface area (Å²) >= 11 is 0. The number of aliphatic hydroxyl groups is 1. The molecule has 3 aromatic rings. The van der Waals surface area contributed by atoms with E-state index in [1.807, 2.05) is 49.3 Å². The van der Waals surface area contributed by atoms with Crippen molar-refractivity contribution in [1.82, 2.24) is 9.80 Å². The van der Waals surface area contributed by atoms with E-state index in [0.717, 1.165) is 5.56 Å². The van der Waals surface area contributed by atoms with Crippen LogP contribution in [-0.2, 0) is 16.2 Å². The van der Waals surface area contributed by atoms with Crippen molar-refractivity contribution >= 4 is 17.4 Å². The minimum Gasteiger partial charge on any atom is -0.507 e. The van der Waals surface area contributed by atoms with Crippen molar-refractivity contribution in [3.8, 4) is 5.75 Å². The molecule has 186 valence electrons. The third-order valence-corrected chi connectivity index (χ3v) is 6.22. The standard InChI is InChI=1S/C29H29FN2O4/c1-19-17-23(36-18-20-7-5-4-6-8-20)13-14-24(19)27(33)25-26(21-9-11-22(30)12-10-21)32(16-15-31(2)3)29(35)28(25)34/h4-14,17,26,33H,15-16,18H2,1-3H3/t26-/m1/s1. The molecule has 7 heteroatoms. The van der Waals surface area contributed by atoms with Crippen molar-refractivity contribution in [3.05, 3.63) is 106 Å². The summed E-state index contributed by atoms with van der Waals surface area (Å²) in [7, 11) is 3.74. The summed E-state index contributed by atoms with van der Waals surface area (Å²) < 4.78 is 19.5. The Bertz CT molecular complexity index is 1290. The number of likely N-dealkylation sites (N-methyl/N-ethyl adjacent to an activating group) is 1. The molecule has 1 amide bonds. The highest BCUT2D eigenvalue weighted by atomic mass is 19.1. The smallest absolute Gasteiger partial charge is 0.295 e. The second-order valence-corrected chi connectivity index (χ2v) is 9.10. The Kier molecular flexibility index (Phi) is 7.50. The van der Waals surface area contributed by atoms with Crippen LogP contribution in [0.2, 0.25) is 0 Å². The van der Waals surface area contributed by atoms with Crippen LogP contribution in [0.5, 0.6) is 5.75 Å². The van der Waals surface area contributed by atoms with Crippen molar-refractivity contribution < 1.29 is 23.8 Å². The van der Waals surface area contributed by atoms with Gasteiger partial charge in [0.25, 0.3) is 11.7 Å². The molecule has 1 aliphatic heterocycles. The van der Waals surface area contributed by atoms with E-state index in [0.29, 0.717) is 35.6 Å². The first-order valence-electron chi connectivity index (χ1n) is 11.7. The third kappa shape index (κ3) is 5.31. The average molecular weight is 489 g/mol. The van der Waals surface area contributed by atoms with Gasteiger partial charge in [0.2, 0.25) is 0 Å². The largest absolute Gasteiger partial charge is 0.507 e. The quantitative estimate of drug-likeness (QED) is 0.283. The van der Waals surface area contributed by atoms with Gasteiger partial charge in [-0.1, -0.05) is 42.5 Å². The van der Waals surface area contributed by atoms with E-state index in [9.17, 15) is 19.1 Å². The minimum atomic E-state index is -0.820. The predicted molar refractivity (Wildman–Crippen MR) is 136 cm³/mol. The Morgan fingerprint density at radius 3 is 2.36 bits per heavy atom. The van der Waals surface area contributed by atoms with Gasteiger partial charge in [-0.05, 0) is 68.0 Å². The Morgan fingerprint density at radius 2 is 1.72 bits per heavy atom. The fraction of sp³-hybridized carbons (Fsp3) is 0.241. The Labute approximate surface area is 210 Å². The van der Waals surface area contributed by atoms with Gasteiger partial charge in [-0.3, -0.25) is 9.59 Å². The number of hydrogen-bond acceptors (Lipinski definition) is 5. The molecule has 36 heavy (non-hydrogen) atoms. The van der Waals surface area contributed by atoms with Gasteiger partial charge in [0.05, 0.1) is 11.6 Å². The van der Waals surface area contributed by atoms with Crippen LogP contribution in [0, 0.1) is 12.7 Å². The predicted octanol–water partition coefficient (Wildman–Crippen LogP) is 4.70. The van der Waals surface area contributed by atoms with Gasteiger partial charge in [-0.25, -0.2) is 4.39 Å². The monoisotopic (exact) mass is 488 g/mol. The number of aliphatic hydroxyl groups excluding tert-OH is 1. The average Bonchev–Trinajstić information content (AvgIpc) is 3.12. The fourth-order valence-electron chi connectivity index (χ4n) is 4.29. The first-order chi connectivity index (χ1) is 17.3. The molecule has 0 aromatic heterocycles. The molecule has 1 saturated heterocycles. The van der Waals surface area contributed by atoms with Crippen molar-refractivity contribution in [2.45, 2.75) is 19.6 Å².